The lowest BCUT2D eigenvalue weighted by Gasteiger charge is -2.34. The Balaban J connectivity index is 1.28. The summed E-state index contributed by atoms with van der Waals surface area (Å²) >= 11 is 12.7. The minimum Gasteiger partial charge on any atom is -0.619 e. The van der Waals surface area contributed by atoms with Crippen LogP contribution in [0.4, 0.5) is 20.2 Å². The molecule has 0 bridgehead atoms. The zero-order valence-electron chi connectivity index (χ0n) is 25.9. The highest BCUT2D eigenvalue weighted by atomic mass is 35.5. The Bertz CT molecular complexity index is 1710. The summed E-state index contributed by atoms with van der Waals surface area (Å²) in [5, 5.41) is 11.9. The van der Waals surface area contributed by atoms with E-state index in [1.54, 1.807) is 18.2 Å². The van der Waals surface area contributed by atoms with Gasteiger partial charge in [-0.1, -0.05) is 29.3 Å². The second kappa shape index (κ2) is 14.1. The number of hydrogen-bond donors (Lipinski definition) is 0. The average molecular weight is 706 g/mol. The molecule has 1 aromatic heterocycles. The number of pyridine rings is 1. The summed E-state index contributed by atoms with van der Waals surface area (Å²) in [7, 11) is 2.03. The lowest BCUT2D eigenvalue weighted by atomic mass is 10.0. The number of alkyl halides is 2. The van der Waals surface area contributed by atoms with Gasteiger partial charge in [0.25, 0.3) is 11.7 Å². The molecule has 1 atom stereocenters. The fraction of sp³-hybridized carbons (Fsp3) is 0.394. The second-order valence-corrected chi connectivity index (χ2v) is 12.8. The number of ketones is 1. The number of carbonyl (C=O) groups excluding carboxylic acids is 3. The Morgan fingerprint density at radius 3 is 2.40 bits per heavy atom. The Kier molecular flexibility index (Phi) is 9.90. The first kappa shape index (κ1) is 33.7. The van der Waals surface area contributed by atoms with Gasteiger partial charge in [-0.05, 0) is 61.7 Å². The summed E-state index contributed by atoms with van der Waals surface area (Å²) in [4.78, 5) is 45.0. The quantitative estimate of drug-likeness (QED) is 0.113. The van der Waals surface area contributed by atoms with Gasteiger partial charge in [-0.2, -0.15) is 13.5 Å². The Hall–Kier alpha value is -4.20. The summed E-state index contributed by atoms with van der Waals surface area (Å²) in [6.07, 6.45) is 2.83. The molecule has 3 aromatic rings. The normalized spacial score (nSPS) is 17.1. The molecule has 0 N–H and O–H groups in total. The number of esters is 1. The number of amides is 1. The lowest BCUT2D eigenvalue weighted by Crippen LogP contribution is -2.44. The van der Waals surface area contributed by atoms with Gasteiger partial charge in [0.1, 0.15) is 22.7 Å². The summed E-state index contributed by atoms with van der Waals surface area (Å²) in [5.74, 6) is -2.35. The smallest absolute Gasteiger partial charge is 0.387 e. The highest BCUT2D eigenvalue weighted by molar-refractivity contribution is 6.52. The highest BCUT2D eigenvalue weighted by Crippen LogP contribution is 2.38. The van der Waals surface area contributed by atoms with Gasteiger partial charge in [-0.15, -0.1) is 0 Å². The number of ether oxygens (including phenoxy) is 3. The predicted octanol–water partition coefficient (Wildman–Crippen LogP) is 4.83. The molecular formula is C33H32Cl2F2N4O7. The van der Waals surface area contributed by atoms with Gasteiger partial charge in [-0.25, -0.2) is 0 Å². The number of anilines is 2. The van der Waals surface area contributed by atoms with Crippen molar-refractivity contribution >= 4 is 52.2 Å². The van der Waals surface area contributed by atoms with Crippen LogP contribution in [0.5, 0.6) is 11.5 Å². The fourth-order valence-electron chi connectivity index (χ4n) is 5.69. The molecule has 3 heterocycles. The molecule has 1 saturated carbocycles. The van der Waals surface area contributed by atoms with Gasteiger partial charge in [-0.3, -0.25) is 19.3 Å². The van der Waals surface area contributed by atoms with E-state index in [1.807, 2.05) is 7.05 Å². The van der Waals surface area contributed by atoms with Crippen LogP contribution in [0.3, 0.4) is 0 Å². The third kappa shape index (κ3) is 7.58. The molecule has 1 aliphatic carbocycles. The maximum absolute atomic E-state index is 13.6. The number of likely N-dealkylation sites (N-methyl/N-ethyl adjacent to an activating group) is 1. The molecule has 254 valence electrons. The second-order valence-electron chi connectivity index (χ2n) is 12.0. The molecule has 2 fully saturated rings. The maximum Gasteiger partial charge on any atom is 0.387 e. The topological polar surface area (TPSA) is 116 Å². The largest absolute Gasteiger partial charge is 0.619 e. The minimum absolute atomic E-state index is 0.00657. The lowest BCUT2D eigenvalue weighted by molar-refractivity contribution is -0.605. The van der Waals surface area contributed by atoms with E-state index in [4.69, 9.17) is 32.7 Å². The Morgan fingerprint density at radius 1 is 1.02 bits per heavy atom. The Morgan fingerprint density at radius 2 is 1.73 bits per heavy atom. The fourth-order valence-corrected chi connectivity index (χ4v) is 6.29. The van der Waals surface area contributed by atoms with E-state index < -0.39 is 36.9 Å². The van der Waals surface area contributed by atoms with Crippen LogP contribution in [0.1, 0.15) is 40.4 Å². The van der Waals surface area contributed by atoms with Gasteiger partial charge < -0.3 is 29.2 Å². The van der Waals surface area contributed by atoms with Crippen molar-refractivity contribution in [2.45, 2.75) is 32.0 Å². The van der Waals surface area contributed by atoms with Crippen molar-refractivity contribution in [2.75, 3.05) is 56.2 Å². The molecule has 11 nitrogen and oxygen atoms in total. The third-order valence-corrected chi connectivity index (χ3v) is 9.21. The van der Waals surface area contributed by atoms with Crippen LogP contribution in [0.15, 0.2) is 48.8 Å². The average Bonchev–Trinajstić information content (AvgIpc) is 3.85. The van der Waals surface area contributed by atoms with Crippen LogP contribution in [0, 0.1) is 11.1 Å². The van der Waals surface area contributed by atoms with Crippen LogP contribution in [-0.2, 0) is 20.7 Å². The Labute approximate surface area is 285 Å². The van der Waals surface area contributed by atoms with Crippen LogP contribution in [0.2, 0.25) is 10.0 Å². The molecule has 2 aromatic carbocycles. The molecular weight excluding hydrogens is 673 g/mol. The van der Waals surface area contributed by atoms with E-state index in [0.29, 0.717) is 21.9 Å². The van der Waals surface area contributed by atoms with Crippen LogP contribution >= 0.6 is 23.2 Å². The summed E-state index contributed by atoms with van der Waals surface area (Å²) in [5.41, 5.74) is 1.90. The van der Waals surface area contributed by atoms with Crippen molar-refractivity contribution in [3.8, 4) is 11.5 Å². The zero-order valence-corrected chi connectivity index (χ0v) is 27.4. The summed E-state index contributed by atoms with van der Waals surface area (Å²) in [6.45, 7) is -0.202. The van der Waals surface area contributed by atoms with E-state index in [2.05, 4.69) is 14.5 Å². The van der Waals surface area contributed by atoms with Gasteiger partial charge in [0.05, 0.1) is 17.9 Å². The maximum atomic E-state index is 13.6. The van der Waals surface area contributed by atoms with Gasteiger partial charge >= 0.3 is 12.6 Å². The molecule has 0 radical (unpaired) electrons. The van der Waals surface area contributed by atoms with E-state index in [0.717, 1.165) is 62.0 Å². The molecule has 15 heteroatoms. The van der Waals surface area contributed by atoms with E-state index in [-0.39, 0.29) is 45.7 Å². The first-order valence-electron chi connectivity index (χ1n) is 15.4. The molecule has 6 rings (SSSR count). The number of aromatic nitrogens is 1. The van der Waals surface area contributed by atoms with Crippen molar-refractivity contribution in [1.82, 2.24) is 4.90 Å². The van der Waals surface area contributed by atoms with Gasteiger partial charge in [0.15, 0.2) is 23.9 Å². The van der Waals surface area contributed by atoms with E-state index >= 15 is 0 Å². The monoisotopic (exact) mass is 704 g/mol. The van der Waals surface area contributed by atoms with Crippen molar-refractivity contribution < 1.29 is 42.1 Å². The first-order valence-corrected chi connectivity index (χ1v) is 16.1. The highest BCUT2D eigenvalue weighted by Gasteiger charge is 2.38. The summed E-state index contributed by atoms with van der Waals surface area (Å²) in [6, 6.07) is 9.24. The van der Waals surface area contributed by atoms with Crippen LogP contribution < -0.4 is 24.0 Å². The number of rotatable bonds is 12. The molecule has 2 aliphatic heterocycles. The van der Waals surface area contributed by atoms with E-state index in [9.17, 15) is 28.4 Å². The number of halogens is 4. The van der Waals surface area contributed by atoms with Crippen molar-refractivity contribution in [2.24, 2.45) is 5.92 Å². The van der Waals surface area contributed by atoms with Crippen molar-refractivity contribution in [3.05, 3.63) is 80.7 Å². The van der Waals surface area contributed by atoms with Crippen molar-refractivity contribution in [3.63, 3.8) is 0 Å². The number of hydrogen-bond acceptors (Lipinski definition) is 9. The number of Topliss-reactive ketones (excluding diaryl/α,β-unsaturated/α-hetero) is 1. The molecule has 1 saturated heterocycles. The molecule has 0 spiro atoms. The third-order valence-electron chi connectivity index (χ3n) is 8.56. The van der Waals surface area contributed by atoms with Crippen molar-refractivity contribution in [1.29, 1.82) is 0 Å². The first-order chi connectivity index (χ1) is 23.0. The van der Waals surface area contributed by atoms with Crippen LogP contribution in [-0.4, -0.2) is 75.5 Å². The minimum atomic E-state index is -3.10. The SMILES string of the molecule is CN1CCN(c2ccc3c(c2)N(CC(=O)OC(Cc2c(Cl)c[n+]([O-])cc2Cl)c2ccc(OC(F)F)c(OCC4CC4)c2)C(=O)C3=O)CC1. The number of carbonyl (C=O) groups is 3. The molecule has 48 heavy (non-hydrogen) atoms. The van der Waals surface area contributed by atoms with Gasteiger partial charge in [0.2, 0.25) is 0 Å². The molecule has 1 unspecified atom stereocenters. The number of nitrogens with zero attached hydrogens (tertiary/aromatic N) is 4. The predicted molar refractivity (Wildman–Crippen MR) is 172 cm³/mol. The molecule has 1 amide bonds. The van der Waals surface area contributed by atoms with Gasteiger partial charge in [0, 0.05) is 43.9 Å². The zero-order chi connectivity index (χ0) is 34.1. The van der Waals surface area contributed by atoms with Crippen LogP contribution in [0.25, 0.3) is 0 Å². The number of benzene rings is 2. The summed E-state index contributed by atoms with van der Waals surface area (Å²) < 4.78 is 43.2. The standard InChI is InChI=1S/C33H32Cl2F2N4O7/c1-38-8-10-39(11-9-38)21-5-6-22-26(13-21)41(32(44)31(22)43)17-30(42)47-28(14-23-24(34)15-40(45)16-25(23)35)20-4-7-27(48-33(36)37)29(12-20)46-18-19-2-3-19/h4-7,12-13,15-16,19,28,33H,2-3,8-11,14,17-18H2,1H3. The van der Waals surface area contributed by atoms with E-state index in [1.165, 1.54) is 18.2 Å². The number of fused-ring (bicyclic) bond motifs is 1. The molecule has 3 aliphatic rings. The number of piperazine rings is 1.